The minimum Gasteiger partial charge on any atom is -0.355 e. The largest absolute Gasteiger partial charge is 0.355 e. The van der Waals surface area contributed by atoms with Crippen LogP contribution < -0.4 is 5.32 Å². The van der Waals surface area contributed by atoms with E-state index in [9.17, 15) is 4.79 Å². The Bertz CT molecular complexity index is 363. The molecule has 2 nitrogen and oxygen atoms in total. The standard InChI is InChI=1S/C11H14ClNOS2/c12-10-4-3-9(16-10)6-15-7-11(14)13-5-8-1-2-8/h3-4,8H,1-2,5-7H2,(H,13,14). The summed E-state index contributed by atoms with van der Waals surface area (Å²) in [6.45, 7) is 0.865. The van der Waals surface area contributed by atoms with E-state index in [1.165, 1.54) is 17.7 Å². The first-order valence-electron chi connectivity index (χ1n) is 5.32. The van der Waals surface area contributed by atoms with E-state index in [1.807, 2.05) is 12.1 Å². The first-order valence-corrected chi connectivity index (χ1v) is 7.67. The van der Waals surface area contributed by atoms with Crippen molar-refractivity contribution in [2.45, 2.75) is 18.6 Å². The second-order valence-electron chi connectivity index (χ2n) is 3.95. The summed E-state index contributed by atoms with van der Waals surface area (Å²) in [6.07, 6.45) is 2.56. The first kappa shape index (κ1) is 12.3. The summed E-state index contributed by atoms with van der Waals surface area (Å²) in [4.78, 5) is 12.6. The Morgan fingerprint density at radius 2 is 2.38 bits per heavy atom. The van der Waals surface area contributed by atoms with Gasteiger partial charge in [0.25, 0.3) is 0 Å². The maximum Gasteiger partial charge on any atom is 0.230 e. The zero-order valence-corrected chi connectivity index (χ0v) is 11.3. The zero-order valence-electron chi connectivity index (χ0n) is 8.87. The van der Waals surface area contributed by atoms with Crippen molar-refractivity contribution in [1.29, 1.82) is 0 Å². The third-order valence-electron chi connectivity index (χ3n) is 2.39. The third kappa shape index (κ3) is 4.36. The van der Waals surface area contributed by atoms with Gasteiger partial charge in [0, 0.05) is 17.2 Å². The Morgan fingerprint density at radius 1 is 1.56 bits per heavy atom. The van der Waals surface area contributed by atoms with E-state index in [1.54, 1.807) is 23.1 Å². The molecule has 1 aliphatic rings. The predicted molar refractivity (Wildman–Crippen MR) is 71.2 cm³/mol. The molecule has 0 bridgehead atoms. The highest BCUT2D eigenvalue weighted by molar-refractivity contribution is 7.99. The summed E-state index contributed by atoms with van der Waals surface area (Å²) in [5, 5.41) is 2.95. The maximum atomic E-state index is 11.4. The molecule has 0 radical (unpaired) electrons. The zero-order chi connectivity index (χ0) is 11.4. The molecule has 1 fully saturated rings. The van der Waals surface area contributed by atoms with E-state index in [4.69, 9.17) is 11.6 Å². The topological polar surface area (TPSA) is 29.1 Å². The van der Waals surface area contributed by atoms with Crippen molar-refractivity contribution in [1.82, 2.24) is 5.32 Å². The van der Waals surface area contributed by atoms with E-state index in [-0.39, 0.29) is 5.91 Å². The lowest BCUT2D eigenvalue weighted by atomic mass is 10.4. The van der Waals surface area contributed by atoms with Gasteiger partial charge in [-0.1, -0.05) is 11.6 Å². The van der Waals surface area contributed by atoms with Gasteiger partial charge in [-0.15, -0.1) is 23.1 Å². The van der Waals surface area contributed by atoms with E-state index >= 15 is 0 Å². The molecule has 0 saturated heterocycles. The van der Waals surface area contributed by atoms with Crippen molar-refractivity contribution in [3.05, 3.63) is 21.3 Å². The van der Waals surface area contributed by atoms with Crippen LogP contribution in [0.15, 0.2) is 12.1 Å². The van der Waals surface area contributed by atoms with Crippen molar-refractivity contribution < 1.29 is 4.79 Å². The summed E-state index contributed by atoms with van der Waals surface area (Å²) < 4.78 is 0.814. The Labute approximate surface area is 109 Å². The van der Waals surface area contributed by atoms with Gasteiger partial charge in [-0.25, -0.2) is 0 Å². The fraction of sp³-hybridized carbons (Fsp3) is 0.545. The van der Waals surface area contributed by atoms with E-state index in [0.29, 0.717) is 5.75 Å². The summed E-state index contributed by atoms with van der Waals surface area (Å²) in [7, 11) is 0. The van der Waals surface area contributed by atoms with Gasteiger partial charge in [0.05, 0.1) is 10.1 Å². The van der Waals surface area contributed by atoms with Crippen LogP contribution in [0.4, 0.5) is 0 Å². The molecule has 0 aromatic carbocycles. The number of thiophene rings is 1. The molecular weight excluding hydrogens is 262 g/mol. The molecule has 1 aliphatic carbocycles. The summed E-state index contributed by atoms with van der Waals surface area (Å²) in [5.74, 6) is 2.32. The normalized spacial score (nSPS) is 15.1. The Kier molecular flexibility index (Phi) is 4.55. The number of thioether (sulfide) groups is 1. The van der Waals surface area contributed by atoms with Gasteiger partial charge < -0.3 is 5.32 Å². The molecule has 0 spiro atoms. The fourth-order valence-electron chi connectivity index (χ4n) is 1.30. The van der Waals surface area contributed by atoms with Crippen molar-refractivity contribution in [3.8, 4) is 0 Å². The number of carbonyl (C=O) groups excluding carboxylic acids is 1. The fourth-order valence-corrected chi connectivity index (χ4v) is 3.36. The smallest absolute Gasteiger partial charge is 0.230 e. The molecule has 5 heteroatoms. The number of hydrogen-bond acceptors (Lipinski definition) is 3. The lowest BCUT2D eigenvalue weighted by Crippen LogP contribution is -2.27. The second kappa shape index (κ2) is 5.94. The van der Waals surface area contributed by atoms with Gasteiger partial charge in [0.2, 0.25) is 5.91 Å². The Balaban J connectivity index is 1.57. The maximum absolute atomic E-state index is 11.4. The van der Waals surface area contributed by atoms with Crippen LogP contribution in [0.25, 0.3) is 0 Å². The van der Waals surface area contributed by atoms with E-state index in [0.717, 1.165) is 22.6 Å². The molecule has 2 rings (SSSR count). The summed E-state index contributed by atoms with van der Waals surface area (Å²) >= 11 is 9.04. The minimum atomic E-state index is 0.152. The van der Waals surface area contributed by atoms with Crippen molar-refractivity contribution in [3.63, 3.8) is 0 Å². The van der Waals surface area contributed by atoms with Crippen molar-refractivity contribution in [2.24, 2.45) is 5.92 Å². The first-order chi connectivity index (χ1) is 7.74. The average molecular weight is 276 g/mol. The van der Waals surface area contributed by atoms with Crippen molar-refractivity contribution >= 4 is 40.6 Å². The molecule has 1 aromatic rings. The van der Waals surface area contributed by atoms with Crippen LogP contribution in [0.3, 0.4) is 0 Å². The molecule has 1 heterocycles. The van der Waals surface area contributed by atoms with E-state index in [2.05, 4.69) is 5.32 Å². The van der Waals surface area contributed by atoms with Crippen LogP contribution in [-0.4, -0.2) is 18.2 Å². The molecule has 88 valence electrons. The number of hydrogen-bond donors (Lipinski definition) is 1. The van der Waals surface area contributed by atoms with Crippen LogP contribution in [0.2, 0.25) is 4.34 Å². The monoisotopic (exact) mass is 275 g/mol. The molecule has 16 heavy (non-hydrogen) atoms. The summed E-state index contributed by atoms with van der Waals surface area (Å²) in [6, 6.07) is 3.91. The van der Waals surface area contributed by atoms with E-state index < -0.39 is 0 Å². The van der Waals surface area contributed by atoms with Crippen LogP contribution in [0.5, 0.6) is 0 Å². The highest BCUT2D eigenvalue weighted by Gasteiger charge is 2.21. The molecule has 1 aromatic heterocycles. The predicted octanol–water partition coefficient (Wildman–Crippen LogP) is 3.16. The Morgan fingerprint density at radius 3 is 3.00 bits per heavy atom. The average Bonchev–Trinajstić information content (AvgIpc) is 2.99. The summed E-state index contributed by atoms with van der Waals surface area (Å²) in [5.41, 5.74) is 0. The van der Waals surface area contributed by atoms with Gasteiger partial charge in [0.1, 0.15) is 0 Å². The van der Waals surface area contributed by atoms with Crippen LogP contribution in [0, 0.1) is 5.92 Å². The van der Waals surface area contributed by atoms with Crippen LogP contribution in [-0.2, 0) is 10.5 Å². The van der Waals surface area contributed by atoms with Gasteiger partial charge >= 0.3 is 0 Å². The quantitative estimate of drug-likeness (QED) is 0.864. The number of rotatable bonds is 6. The molecule has 1 N–H and O–H groups in total. The lowest BCUT2D eigenvalue weighted by Gasteiger charge is -2.02. The molecule has 0 atom stereocenters. The van der Waals surface area contributed by atoms with Gasteiger partial charge in [-0.05, 0) is 30.9 Å². The molecule has 1 saturated carbocycles. The molecule has 1 amide bonds. The highest BCUT2D eigenvalue weighted by Crippen LogP contribution is 2.27. The number of nitrogens with one attached hydrogen (secondary N) is 1. The number of amides is 1. The Hall–Kier alpha value is -0.190. The SMILES string of the molecule is O=C(CSCc1ccc(Cl)s1)NCC1CC1. The highest BCUT2D eigenvalue weighted by atomic mass is 35.5. The van der Waals surface area contributed by atoms with Gasteiger partial charge in [-0.2, -0.15) is 0 Å². The minimum absolute atomic E-state index is 0.152. The van der Waals surface area contributed by atoms with Gasteiger partial charge in [0.15, 0.2) is 0 Å². The van der Waals surface area contributed by atoms with Crippen LogP contribution in [0.1, 0.15) is 17.7 Å². The van der Waals surface area contributed by atoms with Crippen LogP contribution >= 0.6 is 34.7 Å². The van der Waals surface area contributed by atoms with Gasteiger partial charge in [-0.3, -0.25) is 4.79 Å². The number of halogens is 1. The molecular formula is C11H14ClNOS2. The van der Waals surface area contributed by atoms with Crippen molar-refractivity contribution in [2.75, 3.05) is 12.3 Å². The molecule has 0 unspecified atom stereocenters. The molecule has 0 aliphatic heterocycles. The number of carbonyl (C=O) groups is 1. The lowest BCUT2D eigenvalue weighted by molar-refractivity contribution is -0.118. The second-order valence-corrected chi connectivity index (χ2v) is 6.73. The third-order valence-corrected chi connectivity index (χ3v) is 4.79.